The van der Waals surface area contributed by atoms with Crippen molar-refractivity contribution in [2.24, 2.45) is 11.8 Å². The van der Waals surface area contributed by atoms with E-state index in [1.807, 2.05) is 0 Å². The molecule has 1 saturated carbocycles. The smallest absolute Gasteiger partial charge is 0.307 e. The molecule has 16 heavy (non-hydrogen) atoms. The lowest BCUT2D eigenvalue weighted by Crippen LogP contribution is -2.39. The number of carbonyl (C=O) groups is 2. The Labute approximate surface area is 92.8 Å². The van der Waals surface area contributed by atoms with E-state index in [2.05, 4.69) is 0 Å². The molecule has 0 aromatic heterocycles. The van der Waals surface area contributed by atoms with E-state index in [-0.39, 0.29) is 18.9 Å². The predicted octanol–water partition coefficient (Wildman–Crippen LogP) is 0.295. The lowest BCUT2D eigenvalue weighted by molar-refractivity contribution is -0.168. The summed E-state index contributed by atoms with van der Waals surface area (Å²) in [5.41, 5.74) is 0. The highest BCUT2D eigenvalue weighted by molar-refractivity contribution is 5.80. The van der Waals surface area contributed by atoms with Crippen LogP contribution >= 0.6 is 0 Å². The zero-order valence-corrected chi connectivity index (χ0v) is 9.00. The van der Waals surface area contributed by atoms with Crippen molar-refractivity contribution in [3.63, 3.8) is 0 Å². The van der Waals surface area contributed by atoms with E-state index in [4.69, 9.17) is 20.1 Å². The first-order chi connectivity index (χ1) is 7.41. The van der Waals surface area contributed by atoms with Crippen molar-refractivity contribution in [1.29, 1.82) is 0 Å². The zero-order chi connectivity index (χ0) is 12.3. The van der Waals surface area contributed by atoms with Gasteiger partial charge in [0.1, 0.15) is 0 Å². The van der Waals surface area contributed by atoms with Crippen molar-refractivity contribution in [3.8, 4) is 0 Å². The molecule has 1 aliphatic carbocycles. The molecule has 0 spiro atoms. The molecule has 1 aliphatic rings. The molecule has 6 heteroatoms. The quantitative estimate of drug-likeness (QED) is 0.602. The average molecular weight is 232 g/mol. The van der Waals surface area contributed by atoms with Gasteiger partial charge in [-0.15, -0.1) is 0 Å². The van der Waals surface area contributed by atoms with Gasteiger partial charge in [0.15, 0.2) is 6.29 Å². The standard InChI is InChI=1S/C10H16O6/c1-5(11)16-6-2-3-7(9(12)13)8(4-6)10(14)15/h5-8,11H,2-4H2,1H3,(H,12,13)(H,14,15). The molecule has 0 amide bonds. The normalized spacial score (nSPS) is 32.0. The van der Waals surface area contributed by atoms with Gasteiger partial charge in [-0.05, 0) is 26.2 Å². The van der Waals surface area contributed by atoms with E-state index >= 15 is 0 Å². The molecule has 0 aromatic carbocycles. The van der Waals surface area contributed by atoms with Crippen LogP contribution in [0.25, 0.3) is 0 Å². The van der Waals surface area contributed by atoms with Crippen LogP contribution < -0.4 is 0 Å². The predicted molar refractivity (Wildman–Crippen MR) is 52.7 cm³/mol. The van der Waals surface area contributed by atoms with Gasteiger partial charge in [-0.2, -0.15) is 0 Å². The van der Waals surface area contributed by atoms with Gasteiger partial charge in [0, 0.05) is 0 Å². The fraction of sp³-hybridized carbons (Fsp3) is 0.800. The largest absolute Gasteiger partial charge is 0.481 e. The van der Waals surface area contributed by atoms with Crippen molar-refractivity contribution < 1.29 is 29.6 Å². The van der Waals surface area contributed by atoms with Gasteiger partial charge in [0.25, 0.3) is 0 Å². The van der Waals surface area contributed by atoms with Crippen molar-refractivity contribution in [2.45, 2.75) is 38.6 Å². The Hall–Kier alpha value is -1.14. The monoisotopic (exact) mass is 232 g/mol. The summed E-state index contributed by atoms with van der Waals surface area (Å²) in [7, 11) is 0. The first kappa shape index (κ1) is 12.9. The highest BCUT2D eigenvalue weighted by atomic mass is 16.6. The minimum atomic E-state index is -1.12. The number of carboxylic acids is 2. The van der Waals surface area contributed by atoms with Crippen LogP contribution in [0.15, 0.2) is 0 Å². The highest BCUT2D eigenvalue weighted by Crippen LogP contribution is 2.32. The molecule has 3 N–H and O–H groups in total. The van der Waals surface area contributed by atoms with Gasteiger partial charge >= 0.3 is 11.9 Å². The van der Waals surface area contributed by atoms with Gasteiger partial charge in [0.05, 0.1) is 17.9 Å². The second-order valence-corrected chi connectivity index (χ2v) is 4.06. The van der Waals surface area contributed by atoms with E-state index in [0.29, 0.717) is 6.42 Å². The molecule has 6 nitrogen and oxygen atoms in total. The second kappa shape index (κ2) is 5.27. The molecule has 0 radical (unpaired) electrons. The van der Waals surface area contributed by atoms with Gasteiger partial charge < -0.3 is 20.1 Å². The summed E-state index contributed by atoms with van der Waals surface area (Å²) < 4.78 is 5.10. The molecule has 1 fully saturated rings. The first-order valence-corrected chi connectivity index (χ1v) is 5.21. The maximum atomic E-state index is 10.9. The van der Waals surface area contributed by atoms with Gasteiger partial charge in [-0.25, -0.2) is 0 Å². The summed E-state index contributed by atoms with van der Waals surface area (Å²) in [6.45, 7) is 1.44. The van der Waals surface area contributed by atoms with Crippen LogP contribution in [0.4, 0.5) is 0 Å². The molecule has 0 saturated heterocycles. The van der Waals surface area contributed by atoms with E-state index in [1.54, 1.807) is 0 Å². The van der Waals surface area contributed by atoms with E-state index in [1.165, 1.54) is 6.92 Å². The Kier molecular flexibility index (Phi) is 4.26. The molecule has 4 atom stereocenters. The van der Waals surface area contributed by atoms with Crippen molar-refractivity contribution in [2.75, 3.05) is 0 Å². The van der Waals surface area contributed by atoms with E-state index in [0.717, 1.165) is 0 Å². The summed E-state index contributed by atoms with van der Waals surface area (Å²) in [6.07, 6.45) is -0.468. The Bertz CT molecular complexity index is 274. The molecule has 4 unspecified atom stereocenters. The minimum absolute atomic E-state index is 0.136. The Morgan fingerprint density at radius 3 is 2.19 bits per heavy atom. The number of ether oxygens (including phenoxy) is 1. The molecule has 0 bridgehead atoms. The number of aliphatic hydroxyl groups is 1. The highest BCUT2D eigenvalue weighted by Gasteiger charge is 2.40. The maximum absolute atomic E-state index is 10.9. The summed E-state index contributed by atoms with van der Waals surface area (Å²) in [4.78, 5) is 21.8. The number of hydrogen-bond acceptors (Lipinski definition) is 4. The van der Waals surface area contributed by atoms with Gasteiger partial charge in [-0.3, -0.25) is 9.59 Å². The fourth-order valence-corrected chi connectivity index (χ4v) is 2.10. The summed E-state index contributed by atoms with van der Waals surface area (Å²) in [6, 6.07) is 0. The molecule has 0 aromatic rings. The third-order valence-electron chi connectivity index (χ3n) is 2.83. The number of aliphatic hydroxyl groups excluding tert-OH is 1. The molecule has 1 rings (SSSR count). The van der Waals surface area contributed by atoms with Crippen LogP contribution in [-0.2, 0) is 14.3 Å². The van der Waals surface area contributed by atoms with E-state index < -0.39 is 30.1 Å². The minimum Gasteiger partial charge on any atom is -0.481 e. The molecular formula is C10H16O6. The molecule has 0 heterocycles. The van der Waals surface area contributed by atoms with Crippen LogP contribution in [0, 0.1) is 11.8 Å². The summed E-state index contributed by atoms with van der Waals surface area (Å²) in [5, 5.41) is 26.8. The topological polar surface area (TPSA) is 104 Å². The lowest BCUT2D eigenvalue weighted by atomic mass is 9.78. The Balaban J connectivity index is 2.65. The summed E-state index contributed by atoms with van der Waals surface area (Å²) >= 11 is 0. The van der Waals surface area contributed by atoms with Crippen LogP contribution in [0.1, 0.15) is 26.2 Å². The van der Waals surface area contributed by atoms with E-state index in [9.17, 15) is 9.59 Å². The van der Waals surface area contributed by atoms with Crippen molar-refractivity contribution in [3.05, 3.63) is 0 Å². The molecule has 92 valence electrons. The third kappa shape index (κ3) is 3.18. The van der Waals surface area contributed by atoms with Crippen LogP contribution in [-0.4, -0.2) is 39.7 Å². The van der Waals surface area contributed by atoms with Gasteiger partial charge in [0.2, 0.25) is 0 Å². The number of rotatable bonds is 4. The van der Waals surface area contributed by atoms with Gasteiger partial charge in [-0.1, -0.05) is 0 Å². The fourth-order valence-electron chi connectivity index (χ4n) is 2.10. The van der Waals surface area contributed by atoms with Crippen LogP contribution in [0.3, 0.4) is 0 Å². The average Bonchev–Trinajstić information content (AvgIpc) is 2.16. The maximum Gasteiger partial charge on any atom is 0.307 e. The number of hydrogen-bond donors (Lipinski definition) is 3. The first-order valence-electron chi connectivity index (χ1n) is 5.21. The zero-order valence-electron chi connectivity index (χ0n) is 9.00. The van der Waals surface area contributed by atoms with Crippen LogP contribution in [0.5, 0.6) is 0 Å². The Morgan fingerprint density at radius 1 is 1.19 bits per heavy atom. The third-order valence-corrected chi connectivity index (χ3v) is 2.83. The Morgan fingerprint density at radius 2 is 1.75 bits per heavy atom. The number of carboxylic acid groups (broad SMARTS) is 2. The number of aliphatic carboxylic acids is 2. The van der Waals surface area contributed by atoms with Crippen molar-refractivity contribution >= 4 is 11.9 Å². The molecular weight excluding hydrogens is 216 g/mol. The molecule has 0 aliphatic heterocycles. The second-order valence-electron chi connectivity index (χ2n) is 4.06. The van der Waals surface area contributed by atoms with Crippen LogP contribution in [0.2, 0.25) is 0 Å². The summed E-state index contributed by atoms with van der Waals surface area (Å²) in [5.74, 6) is -3.99. The lowest BCUT2D eigenvalue weighted by Gasteiger charge is -2.31. The SMILES string of the molecule is CC(O)OC1CCC(C(=O)O)C(C(=O)O)C1. The van der Waals surface area contributed by atoms with Crippen molar-refractivity contribution in [1.82, 2.24) is 0 Å².